The molecule has 4 nitrogen and oxygen atoms in total. The van der Waals surface area contributed by atoms with E-state index >= 15 is 0 Å². The third-order valence-corrected chi connectivity index (χ3v) is 4.60. The average molecular weight is 356 g/mol. The lowest BCUT2D eigenvalue weighted by Crippen LogP contribution is -2.09. The first-order valence-corrected chi connectivity index (χ1v) is 9.27. The number of ketones is 1. The van der Waals surface area contributed by atoms with E-state index in [0.717, 1.165) is 16.9 Å². The fourth-order valence-electron chi connectivity index (χ4n) is 2.39. The van der Waals surface area contributed by atoms with Crippen LogP contribution in [0.5, 0.6) is 5.75 Å². The van der Waals surface area contributed by atoms with Crippen molar-refractivity contribution in [1.82, 2.24) is 0 Å². The van der Waals surface area contributed by atoms with E-state index in [-0.39, 0.29) is 11.8 Å². The molecule has 0 bridgehead atoms. The molecule has 5 heteroatoms. The smallest absolute Gasteiger partial charge is 0.159 e. The fourth-order valence-corrected chi connectivity index (χ4v) is 3.16. The number of aliphatic imine (C=N–C) groups is 1. The summed E-state index contributed by atoms with van der Waals surface area (Å²) < 4.78 is 5.65. The first-order valence-electron chi connectivity index (χ1n) is 8.29. The van der Waals surface area contributed by atoms with Crippen LogP contribution in [0.1, 0.15) is 48.3 Å². The van der Waals surface area contributed by atoms with E-state index in [2.05, 4.69) is 4.99 Å². The Hall–Kier alpha value is -2.27. The molecule has 0 aliphatic rings. The molecule has 2 rings (SSSR count). The summed E-state index contributed by atoms with van der Waals surface area (Å²) in [5.74, 6) is 1.42. The van der Waals surface area contributed by atoms with Gasteiger partial charge in [-0.2, -0.15) is 0 Å². The Labute approximate surface area is 153 Å². The van der Waals surface area contributed by atoms with Crippen LogP contribution in [0.3, 0.4) is 0 Å². The molecule has 0 aliphatic carbocycles. The standard InChI is InChI=1S/C20H24N2O2S/c1-4-24-19-11-10-17(15(3)23)12-18(19)13-25-20(21)22-14(2)16-8-6-5-7-9-16/h5-12,14H,4,13H2,1-3H3,(H2,21,22)/t14-/m1/s1. The Morgan fingerprint density at radius 1 is 1.24 bits per heavy atom. The van der Waals surface area contributed by atoms with Gasteiger partial charge in [-0.3, -0.25) is 9.79 Å². The molecule has 1 atom stereocenters. The minimum Gasteiger partial charge on any atom is -0.494 e. The average Bonchev–Trinajstić information content (AvgIpc) is 2.61. The zero-order valence-corrected chi connectivity index (χ0v) is 15.7. The lowest BCUT2D eigenvalue weighted by molar-refractivity contribution is 0.101. The van der Waals surface area contributed by atoms with Crippen molar-refractivity contribution in [3.8, 4) is 5.75 Å². The van der Waals surface area contributed by atoms with Gasteiger partial charge in [-0.1, -0.05) is 42.1 Å². The summed E-state index contributed by atoms with van der Waals surface area (Å²) >= 11 is 1.45. The second-order valence-electron chi connectivity index (χ2n) is 5.65. The maximum Gasteiger partial charge on any atom is 0.159 e. The Morgan fingerprint density at radius 3 is 2.60 bits per heavy atom. The number of carbonyl (C=O) groups excluding carboxylic acids is 1. The lowest BCUT2D eigenvalue weighted by Gasteiger charge is -2.12. The van der Waals surface area contributed by atoms with E-state index in [1.54, 1.807) is 13.0 Å². The highest BCUT2D eigenvalue weighted by Crippen LogP contribution is 2.26. The third-order valence-electron chi connectivity index (χ3n) is 3.75. The zero-order valence-electron chi connectivity index (χ0n) is 14.9. The number of benzene rings is 2. The van der Waals surface area contributed by atoms with E-state index in [9.17, 15) is 4.79 Å². The van der Waals surface area contributed by atoms with Crippen LogP contribution in [-0.2, 0) is 5.75 Å². The molecule has 0 saturated heterocycles. The van der Waals surface area contributed by atoms with Gasteiger partial charge in [0.1, 0.15) is 5.75 Å². The monoisotopic (exact) mass is 356 g/mol. The largest absolute Gasteiger partial charge is 0.494 e. The van der Waals surface area contributed by atoms with Crippen molar-refractivity contribution in [1.29, 1.82) is 0 Å². The summed E-state index contributed by atoms with van der Waals surface area (Å²) in [6, 6.07) is 15.5. The van der Waals surface area contributed by atoms with Crippen molar-refractivity contribution in [2.45, 2.75) is 32.6 Å². The van der Waals surface area contributed by atoms with E-state index in [1.807, 2.05) is 56.3 Å². The predicted molar refractivity (Wildman–Crippen MR) is 105 cm³/mol. The van der Waals surface area contributed by atoms with Crippen LogP contribution in [0.15, 0.2) is 53.5 Å². The van der Waals surface area contributed by atoms with E-state index in [0.29, 0.717) is 23.1 Å². The maximum atomic E-state index is 11.6. The van der Waals surface area contributed by atoms with Crippen molar-refractivity contribution >= 4 is 22.7 Å². The molecule has 0 saturated carbocycles. The maximum absolute atomic E-state index is 11.6. The first kappa shape index (κ1) is 19.1. The number of hydrogen-bond donors (Lipinski definition) is 1. The molecule has 0 amide bonds. The highest BCUT2D eigenvalue weighted by Gasteiger charge is 2.10. The van der Waals surface area contributed by atoms with Gasteiger partial charge in [0.15, 0.2) is 11.0 Å². The predicted octanol–water partition coefficient (Wildman–Crippen LogP) is 4.60. The van der Waals surface area contributed by atoms with E-state index in [4.69, 9.17) is 10.5 Å². The minimum absolute atomic E-state index is 0.00335. The van der Waals surface area contributed by atoms with Crippen LogP contribution in [0.25, 0.3) is 0 Å². The molecule has 2 aromatic rings. The van der Waals surface area contributed by atoms with Crippen LogP contribution in [0.4, 0.5) is 0 Å². The van der Waals surface area contributed by atoms with Gasteiger partial charge in [-0.15, -0.1) is 0 Å². The van der Waals surface area contributed by atoms with Crippen LogP contribution in [0, 0.1) is 0 Å². The van der Waals surface area contributed by atoms with Crippen molar-refractivity contribution in [3.05, 3.63) is 65.2 Å². The van der Waals surface area contributed by atoms with Crippen molar-refractivity contribution < 1.29 is 9.53 Å². The molecule has 0 aliphatic heterocycles. The molecule has 0 fully saturated rings. The quantitative estimate of drug-likeness (QED) is 0.447. The van der Waals surface area contributed by atoms with Crippen LogP contribution in [0.2, 0.25) is 0 Å². The summed E-state index contributed by atoms with van der Waals surface area (Å²) in [4.78, 5) is 16.2. The highest BCUT2D eigenvalue weighted by molar-refractivity contribution is 8.13. The summed E-state index contributed by atoms with van der Waals surface area (Å²) in [5, 5.41) is 0.520. The summed E-state index contributed by atoms with van der Waals surface area (Å²) in [6.45, 7) is 6.09. The fraction of sp³-hybridized carbons (Fsp3) is 0.300. The van der Waals surface area contributed by atoms with Crippen LogP contribution >= 0.6 is 11.8 Å². The van der Waals surface area contributed by atoms with Gasteiger partial charge in [0, 0.05) is 16.9 Å². The molecule has 0 radical (unpaired) electrons. The Bertz CT molecular complexity index is 745. The molecular formula is C20H24N2O2S. The number of rotatable bonds is 7. The van der Waals surface area contributed by atoms with Gasteiger partial charge in [-0.25, -0.2) is 0 Å². The molecule has 0 aromatic heterocycles. The van der Waals surface area contributed by atoms with Gasteiger partial charge in [-0.05, 0) is 44.5 Å². The number of Topliss-reactive ketones (excluding diaryl/α,β-unsaturated/α-hetero) is 1. The molecule has 132 valence electrons. The van der Waals surface area contributed by atoms with E-state index < -0.39 is 0 Å². The van der Waals surface area contributed by atoms with Gasteiger partial charge >= 0.3 is 0 Å². The summed E-state index contributed by atoms with van der Waals surface area (Å²) in [6.07, 6.45) is 0. The van der Waals surface area contributed by atoms with Gasteiger partial charge in [0.2, 0.25) is 0 Å². The molecular weight excluding hydrogens is 332 g/mol. The second kappa shape index (κ2) is 9.28. The SMILES string of the molecule is CCOc1ccc(C(C)=O)cc1CSC(N)=N[C@H](C)c1ccccc1. The lowest BCUT2D eigenvalue weighted by atomic mass is 10.1. The number of nitrogens with zero attached hydrogens (tertiary/aromatic N) is 1. The van der Waals surface area contributed by atoms with Crippen molar-refractivity contribution in [2.75, 3.05) is 6.61 Å². The summed E-state index contributed by atoms with van der Waals surface area (Å²) in [7, 11) is 0. The topological polar surface area (TPSA) is 64.7 Å². The molecule has 0 spiro atoms. The third kappa shape index (κ3) is 5.64. The number of carbonyl (C=O) groups is 1. The second-order valence-corrected chi connectivity index (χ2v) is 6.65. The summed E-state index contributed by atoms with van der Waals surface area (Å²) in [5.41, 5.74) is 8.83. The number of amidine groups is 1. The van der Waals surface area contributed by atoms with Crippen LogP contribution in [-0.4, -0.2) is 17.6 Å². The normalized spacial score (nSPS) is 12.7. The Morgan fingerprint density at radius 2 is 1.96 bits per heavy atom. The zero-order chi connectivity index (χ0) is 18.2. The number of thioether (sulfide) groups is 1. The minimum atomic E-state index is 0.00335. The van der Waals surface area contributed by atoms with Crippen molar-refractivity contribution in [2.24, 2.45) is 10.7 Å². The molecule has 2 N–H and O–H groups in total. The molecule has 2 aromatic carbocycles. The number of nitrogens with two attached hydrogens (primary N) is 1. The van der Waals surface area contributed by atoms with Crippen LogP contribution < -0.4 is 10.5 Å². The first-order chi connectivity index (χ1) is 12.0. The highest BCUT2D eigenvalue weighted by atomic mass is 32.2. The Kier molecular flexibility index (Phi) is 7.07. The van der Waals surface area contributed by atoms with Crippen molar-refractivity contribution in [3.63, 3.8) is 0 Å². The molecule has 0 heterocycles. The number of hydrogen-bond acceptors (Lipinski definition) is 4. The number of ether oxygens (including phenoxy) is 1. The molecule has 25 heavy (non-hydrogen) atoms. The Balaban J connectivity index is 2.09. The van der Waals surface area contributed by atoms with Gasteiger partial charge < -0.3 is 10.5 Å². The van der Waals surface area contributed by atoms with Gasteiger partial charge in [0.25, 0.3) is 0 Å². The molecule has 0 unspecified atom stereocenters. The van der Waals surface area contributed by atoms with E-state index in [1.165, 1.54) is 11.8 Å². The van der Waals surface area contributed by atoms with Gasteiger partial charge in [0.05, 0.1) is 12.6 Å².